The van der Waals surface area contributed by atoms with Gasteiger partial charge in [0.2, 0.25) is 0 Å². The fourth-order valence-corrected chi connectivity index (χ4v) is 2.79. The third kappa shape index (κ3) is 3.82. The van der Waals surface area contributed by atoms with Crippen LogP contribution in [0.1, 0.15) is 27.9 Å². The van der Waals surface area contributed by atoms with Crippen molar-refractivity contribution < 1.29 is 0 Å². The van der Waals surface area contributed by atoms with Crippen LogP contribution in [0, 0.1) is 13.8 Å². The Kier molecular flexibility index (Phi) is 4.33. The average molecular weight is 291 g/mol. The van der Waals surface area contributed by atoms with Gasteiger partial charge < -0.3 is 0 Å². The predicted molar refractivity (Wildman–Crippen MR) is 88.9 cm³/mol. The van der Waals surface area contributed by atoms with Crippen molar-refractivity contribution in [2.75, 3.05) is 0 Å². The lowest BCUT2D eigenvalue weighted by atomic mass is 10.1. The summed E-state index contributed by atoms with van der Waals surface area (Å²) in [5, 5.41) is 8.53. The molecule has 3 heteroatoms. The second-order valence-corrected chi connectivity index (χ2v) is 5.89. The Morgan fingerprint density at radius 3 is 2.32 bits per heavy atom. The van der Waals surface area contributed by atoms with Crippen LogP contribution >= 0.6 is 0 Å². The van der Waals surface area contributed by atoms with Gasteiger partial charge in [-0.05, 0) is 37.8 Å². The summed E-state index contributed by atoms with van der Waals surface area (Å²) in [5.41, 5.74) is 6.25. The average Bonchev–Trinajstić information content (AvgIpc) is 2.93. The highest BCUT2D eigenvalue weighted by atomic mass is 15.4. The molecule has 0 saturated heterocycles. The maximum atomic E-state index is 4.29. The molecule has 3 rings (SSSR count). The van der Waals surface area contributed by atoms with Crippen molar-refractivity contribution in [1.82, 2.24) is 15.0 Å². The molecule has 0 aliphatic heterocycles. The molecule has 0 aliphatic rings. The predicted octanol–water partition coefficient (Wildman–Crippen LogP) is 3.73. The van der Waals surface area contributed by atoms with E-state index in [2.05, 4.69) is 72.8 Å². The van der Waals surface area contributed by atoms with E-state index in [-0.39, 0.29) is 0 Å². The van der Waals surface area contributed by atoms with E-state index in [9.17, 15) is 0 Å². The lowest BCUT2D eigenvalue weighted by molar-refractivity contribution is 0.648. The zero-order valence-corrected chi connectivity index (χ0v) is 13.2. The number of aromatic nitrogens is 3. The zero-order chi connectivity index (χ0) is 15.4. The van der Waals surface area contributed by atoms with Crippen molar-refractivity contribution in [2.45, 2.75) is 33.2 Å². The summed E-state index contributed by atoms with van der Waals surface area (Å²) in [7, 11) is 0. The Morgan fingerprint density at radius 1 is 0.864 bits per heavy atom. The molecule has 2 aromatic carbocycles. The van der Waals surface area contributed by atoms with E-state index < -0.39 is 0 Å². The molecule has 3 nitrogen and oxygen atoms in total. The molecule has 0 spiro atoms. The first-order chi connectivity index (χ1) is 10.7. The largest absolute Gasteiger partial charge is 0.248 e. The van der Waals surface area contributed by atoms with Crippen LogP contribution < -0.4 is 0 Å². The summed E-state index contributed by atoms with van der Waals surface area (Å²) >= 11 is 0. The maximum absolute atomic E-state index is 4.29. The number of hydrogen-bond acceptors (Lipinski definition) is 2. The van der Waals surface area contributed by atoms with Gasteiger partial charge in [-0.15, -0.1) is 5.10 Å². The number of nitrogens with zero attached hydrogens (tertiary/aromatic N) is 3. The van der Waals surface area contributed by atoms with Crippen molar-refractivity contribution in [3.05, 3.63) is 82.7 Å². The normalized spacial score (nSPS) is 10.8. The molecule has 0 bridgehead atoms. The Hall–Kier alpha value is -2.42. The van der Waals surface area contributed by atoms with E-state index in [0.717, 1.165) is 25.1 Å². The lowest BCUT2D eigenvalue weighted by Crippen LogP contribution is -2.01. The van der Waals surface area contributed by atoms with E-state index in [0.29, 0.717) is 0 Å². The van der Waals surface area contributed by atoms with Crippen molar-refractivity contribution in [1.29, 1.82) is 0 Å². The lowest BCUT2D eigenvalue weighted by Gasteiger charge is -2.04. The minimum Gasteiger partial charge on any atom is -0.248 e. The van der Waals surface area contributed by atoms with Crippen molar-refractivity contribution in [2.24, 2.45) is 0 Å². The first-order valence-electron chi connectivity index (χ1n) is 7.69. The molecule has 0 radical (unpaired) electrons. The monoisotopic (exact) mass is 291 g/mol. The fraction of sp³-hybridized carbons (Fsp3) is 0.263. The van der Waals surface area contributed by atoms with Crippen molar-refractivity contribution in [3.63, 3.8) is 0 Å². The summed E-state index contributed by atoms with van der Waals surface area (Å²) in [6, 6.07) is 17.1. The Morgan fingerprint density at radius 2 is 1.59 bits per heavy atom. The molecule has 0 fully saturated rings. The summed E-state index contributed by atoms with van der Waals surface area (Å²) in [6.07, 6.45) is 3.99. The highest BCUT2D eigenvalue weighted by molar-refractivity contribution is 5.28. The standard InChI is InChI=1S/C19H21N3/c1-15-10-16(2)12-18(11-15)13-22-14-19(20-21-22)9-8-17-6-4-3-5-7-17/h3-7,10-12,14H,8-9,13H2,1-2H3. The highest BCUT2D eigenvalue weighted by Gasteiger charge is 2.03. The first kappa shape index (κ1) is 14.5. The molecule has 0 unspecified atom stereocenters. The molecular weight excluding hydrogens is 270 g/mol. The fourth-order valence-electron chi connectivity index (χ4n) is 2.79. The highest BCUT2D eigenvalue weighted by Crippen LogP contribution is 2.11. The topological polar surface area (TPSA) is 30.7 Å². The van der Waals surface area contributed by atoms with Crippen LogP contribution in [-0.2, 0) is 19.4 Å². The molecule has 0 saturated carbocycles. The molecule has 0 aliphatic carbocycles. The summed E-state index contributed by atoms with van der Waals surface area (Å²) in [4.78, 5) is 0. The molecule has 0 amide bonds. The van der Waals surface area contributed by atoms with Gasteiger partial charge in [-0.25, -0.2) is 4.68 Å². The maximum Gasteiger partial charge on any atom is 0.0830 e. The van der Waals surface area contributed by atoms with Gasteiger partial charge in [0.25, 0.3) is 0 Å². The van der Waals surface area contributed by atoms with Crippen molar-refractivity contribution in [3.8, 4) is 0 Å². The van der Waals surface area contributed by atoms with Crippen LogP contribution in [0.25, 0.3) is 0 Å². The van der Waals surface area contributed by atoms with E-state index in [4.69, 9.17) is 0 Å². The van der Waals surface area contributed by atoms with Crippen LogP contribution in [0.3, 0.4) is 0 Å². The summed E-state index contributed by atoms with van der Waals surface area (Å²) < 4.78 is 1.93. The number of benzene rings is 2. The van der Waals surface area contributed by atoms with Crippen LogP contribution in [0.2, 0.25) is 0 Å². The molecule has 3 aromatic rings. The van der Waals surface area contributed by atoms with E-state index in [1.54, 1.807) is 0 Å². The number of aryl methyl sites for hydroxylation is 4. The minimum atomic E-state index is 0.779. The molecule has 112 valence electrons. The zero-order valence-electron chi connectivity index (χ0n) is 13.2. The van der Waals surface area contributed by atoms with Gasteiger partial charge in [0.15, 0.2) is 0 Å². The molecule has 1 heterocycles. The van der Waals surface area contributed by atoms with E-state index in [1.165, 1.54) is 22.3 Å². The van der Waals surface area contributed by atoms with Gasteiger partial charge in [-0.1, -0.05) is 64.9 Å². The second-order valence-electron chi connectivity index (χ2n) is 5.89. The van der Waals surface area contributed by atoms with Gasteiger partial charge in [-0.3, -0.25) is 0 Å². The SMILES string of the molecule is Cc1cc(C)cc(Cn2cc(CCc3ccccc3)nn2)c1. The number of rotatable bonds is 5. The second kappa shape index (κ2) is 6.56. The van der Waals surface area contributed by atoms with Crippen LogP contribution in [0.15, 0.2) is 54.7 Å². The first-order valence-corrected chi connectivity index (χ1v) is 7.69. The minimum absolute atomic E-state index is 0.779. The molecule has 22 heavy (non-hydrogen) atoms. The third-order valence-electron chi connectivity index (χ3n) is 3.72. The van der Waals surface area contributed by atoms with Gasteiger partial charge >= 0.3 is 0 Å². The van der Waals surface area contributed by atoms with Gasteiger partial charge in [0.1, 0.15) is 0 Å². The van der Waals surface area contributed by atoms with Crippen LogP contribution in [-0.4, -0.2) is 15.0 Å². The van der Waals surface area contributed by atoms with Gasteiger partial charge in [0.05, 0.1) is 12.2 Å². The van der Waals surface area contributed by atoms with Crippen LogP contribution in [0.4, 0.5) is 0 Å². The molecule has 1 aromatic heterocycles. The third-order valence-corrected chi connectivity index (χ3v) is 3.72. The Labute approximate surface area is 131 Å². The number of hydrogen-bond donors (Lipinski definition) is 0. The van der Waals surface area contributed by atoms with Gasteiger partial charge in [-0.2, -0.15) is 0 Å². The van der Waals surface area contributed by atoms with Gasteiger partial charge in [0, 0.05) is 6.20 Å². The summed E-state index contributed by atoms with van der Waals surface area (Å²) in [5.74, 6) is 0. The van der Waals surface area contributed by atoms with Crippen molar-refractivity contribution >= 4 is 0 Å². The smallest absolute Gasteiger partial charge is 0.0830 e. The van der Waals surface area contributed by atoms with E-state index in [1.807, 2.05) is 10.7 Å². The summed E-state index contributed by atoms with van der Waals surface area (Å²) in [6.45, 7) is 5.03. The quantitative estimate of drug-likeness (QED) is 0.717. The Balaban J connectivity index is 1.63. The molecule has 0 atom stereocenters. The molecule has 0 N–H and O–H groups in total. The van der Waals surface area contributed by atoms with E-state index >= 15 is 0 Å². The van der Waals surface area contributed by atoms with Crippen LogP contribution in [0.5, 0.6) is 0 Å². The Bertz CT molecular complexity index is 724. The molecular formula is C19H21N3.